The number of hydrogen-bond donors (Lipinski definition) is 2. The van der Waals surface area contributed by atoms with Crippen LogP contribution in [0.2, 0.25) is 0 Å². The molecule has 2 N–H and O–H groups in total. The molecular weight excluding hydrogens is 797 g/mol. The Labute approximate surface area is 406 Å². The van der Waals surface area contributed by atoms with Crippen molar-refractivity contribution < 1.29 is 14.3 Å². The molecule has 0 atom stereocenters. The summed E-state index contributed by atoms with van der Waals surface area (Å²) in [5.41, 5.74) is 1.12. The van der Waals surface area contributed by atoms with Gasteiger partial charge in [0.05, 0.1) is 12.2 Å². The van der Waals surface area contributed by atoms with Crippen molar-refractivity contribution >= 4 is 11.8 Å². The Morgan fingerprint density at radius 3 is 0.908 bits per heavy atom. The molecule has 0 bridgehead atoms. The maximum absolute atomic E-state index is 13.4. The third-order valence-corrected chi connectivity index (χ3v) is 13.9. The second kappa shape index (κ2) is 49.9. The van der Waals surface area contributed by atoms with Crippen molar-refractivity contribution in [2.75, 3.05) is 19.7 Å². The Hall–Kier alpha value is -2.04. The fourth-order valence-corrected chi connectivity index (χ4v) is 9.40. The molecule has 380 valence electrons. The zero-order valence-corrected chi connectivity index (χ0v) is 44.1. The fraction of sp³-hybridized carbons (Fsp3) is 0.867. The summed E-state index contributed by atoms with van der Waals surface area (Å²) in [6.45, 7) is 8.81. The minimum atomic E-state index is -0.0953. The van der Waals surface area contributed by atoms with Gasteiger partial charge in [-0.15, -0.1) is 0 Å². The molecule has 1 aromatic rings. The molecule has 5 nitrogen and oxygen atoms in total. The lowest BCUT2D eigenvalue weighted by Crippen LogP contribution is -2.26. The fourth-order valence-electron chi connectivity index (χ4n) is 9.40. The zero-order valence-electron chi connectivity index (χ0n) is 44.1. The predicted molar refractivity (Wildman–Crippen MR) is 286 cm³/mol. The highest BCUT2D eigenvalue weighted by Crippen LogP contribution is 2.23. The van der Waals surface area contributed by atoms with Crippen molar-refractivity contribution in [3.8, 4) is 5.75 Å². The first-order valence-electron chi connectivity index (χ1n) is 29.5. The number of carbonyl (C=O) groups excluding carboxylic acids is 2. The van der Waals surface area contributed by atoms with Gasteiger partial charge in [0, 0.05) is 18.7 Å². The lowest BCUT2D eigenvalue weighted by Gasteiger charge is -2.14. The van der Waals surface area contributed by atoms with Crippen LogP contribution in [0.1, 0.15) is 337 Å². The molecule has 0 fully saturated rings. The van der Waals surface area contributed by atoms with E-state index in [1.165, 1.54) is 257 Å². The van der Waals surface area contributed by atoms with E-state index in [1.807, 2.05) is 0 Å². The molecular formula is C60H112N2O3. The maximum atomic E-state index is 13.4. The van der Waals surface area contributed by atoms with Crippen LogP contribution >= 0.6 is 0 Å². The number of carbonyl (C=O) groups is 2. The Morgan fingerprint density at radius 2 is 0.600 bits per heavy atom. The van der Waals surface area contributed by atoms with E-state index >= 15 is 0 Å². The summed E-state index contributed by atoms with van der Waals surface area (Å²) in [5, 5.41) is 6.30. The van der Waals surface area contributed by atoms with E-state index in [0.717, 1.165) is 38.5 Å². The van der Waals surface area contributed by atoms with Crippen LogP contribution in [0.3, 0.4) is 0 Å². The number of nitrogens with one attached hydrogen (secondary N) is 2. The number of unbranched alkanes of at least 4 members (excludes halogenated alkanes) is 43. The van der Waals surface area contributed by atoms with Gasteiger partial charge in [-0.2, -0.15) is 0 Å². The van der Waals surface area contributed by atoms with Crippen molar-refractivity contribution in [2.24, 2.45) is 0 Å². The molecule has 0 spiro atoms. The molecule has 65 heavy (non-hydrogen) atoms. The van der Waals surface area contributed by atoms with Gasteiger partial charge >= 0.3 is 0 Å². The average Bonchev–Trinajstić information content (AvgIpc) is 3.32. The summed E-state index contributed by atoms with van der Waals surface area (Å²) in [5.74, 6) is 0.369. The first-order chi connectivity index (χ1) is 32.1. The predicted octanol–water partition coefficient (Wildman–Crippen LogP) is 19.5. The van der Waals surface area contributed by atoms with Crippen LogP contribution in [0.25, 0.3) is 0 Å². The van der Waals surface area contributed by atoms with Gasteiger partial charge in [-0.05, 0) is 37.5 Å². The van der Waals surface area contributed by atoms with Crippen molar-refractivity contribution in [2.45, 2.75) is 316 Å². The molecule has 1 aromatic carbocycles. The van der Waals surface area contributed by atoms with Crippen molar-refractivity contribution in [3.63, 3.8) is 0 Å². The molecule has 0 heterocycles. The molecule has 5 heteroatoms. The van der Waals surface area contributed by atoms with E-state index < -0.39 is 0 Å². The van der Waals surface area contributed by atoms with Crippen LogP contribution in [-0.4, -0.2) is 31.5 Å². The summed E-state index contributed by atoms with van der Waals surface area (Å²) in [6, 6.07) is 5.40. The van der Waals surface area contributed by atoms with Gasteiger partial charge in [0.15, 0.2) is 0 Å². The second-order valence-corrected chi connectivity index (χ2v) is 20.3. The zero-order chi connectivity index (χ0) is 46.8. The first kappa shape index (κ1) is 61.0. The highest BCUT2D eigenvalue weighted by Gasteiger charge is 2.16. The van der Waals surface area contributed by atoms with Gasteiger partial charge in [-0.1, -0.05) is 297 Å². The Kier molecular flexibility index (Phi) is 46.8. The lowest BCUT2D eigenvalue weighted by molar-refractivity contribution is 0.0937. The summed E-state index contributed by atoms with van der Waals surface area (Å²) >= 11 is 0. The molecule has 0 aromatic heterocycles. The van der Waals surface area contributed by atoms with E-state index in [-0.39, 0.29) is 11.8 Å². The third kappa shape index (κ3) is 40.7. The average molecular weight is 910 g/mol. The van der Waals surface area contributed by atoms with E-state index in [4.69, 9.17) is 4.74 Å². The highest BCUT2D eigenvalue weighted by molar-refractivity contribution is 6.00. The number of amides is 2. The summed E-state index contributed by atoms with van der Waals surface area (Å²) < 4.78 is 6.29. The molecule has 0 aliphatic carbocycles. The number of rotatable bonds is 52. The Morgan fingerprint density at radius 1 is 0.338 bits per heavy atom. The topological polar surface area (TPSA) is 67.4 Å². The van der Waals surface area contributed by atoms with Gasteiger partial charge in [0.25, 0.3) is 11.8 Å². The number of benzene rings is 1. The van der Waals surface area contributed by atoms with Crippen LogP contribution in [0, 0.1) is 0 Å². The molecule has 0 radical (unpaired) electrons. The van der Waals surface area contributed by atoms with Gasteiger partial charge in [-0.25, -0.2) is 0 Å². The van der Waals surface area contributed by atoms with Crippen molar-refractivity contribution in [1.82, 2.24) is 10.6 Å². The van der Waals surface area contributed by atoms with Crippen LogP contribution in [0.5, 0.6) is 5.75 Å². The quantitative estimate of drug-likeness (QED) is 0.0640. The largest absolute Gasteiger partial charge is 0.493 e. The smallest absolute Gasteiger partial charge is 0.255 e. The van der Waals surface area contributed by atoms with Crippen LogP contribution in [0.4, 0.5) is 0 Å². The highest BCUT2D eigenvalue weighted by atomic mass is 16.5. The standard InChI is InChI=1S/C60H112N2O3/c1-4-7-10-13-16-19-22-25-28-30-32-35-38-41-44-47-52-61-59(63)56-50-51-57(58(55-56)65-54-49-46-43-40-37-34-27-24-21-18-15-12-9-6-3)60(64)62-53-48-45-42-39-36-33-31-29-26-23-20-17-14-11-8-5-2/h50-51,55H,4-49,52-54H2,1-3H3,(H,61,63)(H,62,64). The Bertz CT molecular complexity index is 1150. The van der Waals surface area contributed by atoms with Crippen molar-refractivity contribution in [3.05, 3.63) is 29.3 Å². The number of ether oxygens (including phenoxy) is 1. The normalized spacial score (nSPS) is 11.4. The minimum Gasteiger partial charge on any atom is -0.493 e. The molecule has 2 amide bonds. The minimum absolute atomic E-state index is 0.0765. The summed E-state index contributed by atoms with van der Waals surface area (Å²) in [7, 11) is 0. The molecule has 0 saturated heterocycles. The Balaban J connectivity index is 2.37. The van der Waals surface area contributed by atoms with Crippen LogP contribution < -0.4 is 15.4 Å². The van der Waals surface area contributed by atoms with Crippen molar-refractivity contribution in [1.29, 1.82) is 0 Å². The van der Waals surface area contributed by atoms with E-state index in [1.54, 1.807) is 18.2 Å². The monoisotopic (exact) mass is 909 g/mol. The molecule has 1 rings (SSSR count). The van der Waals surface area contributed by atoms with E-state index in [2.05, 4.69) is 31.4 Å². The van der Waals surface area contributed by atoms with Gasteiger partial charge in [0.1, 0.15) is 5.75 Å². The lowest BCUT2D eigenvalue weighted by atomic mass is 10.0. The van der Waals surface area contributed by atoms with Crippen LogP contribution in [-0.2, 0) is 0 Å². The van der Waals surface area contributed by atoms with Gasteiger partial charge < -0.3 is 15.4 Å². The summed E-state index contributed by atoms with van der Waals surface area (Å²) in [6.07, 6.45) is 61.4. The molecule has 0 saturated carbocycles. The molecule has 0 unspecified atom stereocenters. The SMILES string of the molecule is CCCCCCCCCCCCCCCCCCNC(=O)c1ccc(C(=O)NCCCCCCCCCCCCCCCCCC)c(OCCCCCCCCCCCCCCCC)c1. The maximum Gasteiger partial charge on any atom is 0.255 e. The van der Waals surface area contributed by atoms with Crippen LogP contribution in [0.15, 0.2) is 18.2 Å². The van der Waals surface area contributed by atoms with Gasteiger partial charge in [-0.3, -0.25) is 9.59 Å². The third-order valence-electron chi connectivity index (χ3n) is 13.9. The molecule has 0 aliphatic rings. The second-order valence-electron chi connectivity index (χ2n) is 20.3. The first-order valence-corrected chi connectivity index (χ1v) is 29.5. The van der Waals surface area contributed by atoms with E-state index in [9.17, 15) is 9.59 Å². The summed E-state index contributed by atoms with van der Waals surface area (Å²) in [4.78, 5) is 26.7. The van der Waals surface area contributed by atoms with Gasteiger partial charge in [0.2, 0.25) is 0 Å². The molecule has 0 aliphatic heterocycles. The number of hydrogen-bond acceptors (Lipinski definition) is 3. The van der Waals surface area contributed by atoms with E-state index in [0.29, 0.717) is 36.6 Å².